The van der Waals surface area contributed by atoms with E-state index in [9.17, 15) is 8.42 Å². The van der Waals surface area contributed by atoms with Gasteiger partial charge in [0.05, 0.1) is 5.75 Å². The molecule has 1 aromatic rings. The van der Waals surface area contributed by atoms with E-state index in [1.807, 2.05) is 45.0 Å². The van der Waals surface area contributed by atoms with Crippen LogP contribution in [0.15, 0.2) is 28.7 Å². The Morgan fingerprint density at radius 3 is 2.39 bits per heavy atom. The maximum atomic E-state index is 11.8. The molecule has 102 valence electrons. The molecule has 0 fully saturated rings. The van der Waals surface area contributed by atoms with Crippen molar-refractivity contribution in [2.24, 2.45) is 5.41 Å². The van der Waals surface area contributed by atoms with Crippen LogP contribution in [0, 0.1) is 5.41 Å². The van der Waals surface area contributed by atoms with Gasteiger partial charge in [-0.2, -0.15) is 0 Å². The van der Waals surface area contributed by atoms with Crippen molar-refractivity contribution in [3.05, 3.63) is 34.3 Å². The minimum atomic E-state index is -3.20. The van der Waals surface area contributed by atoms with Crippen LogP contribution in [0.2, 0.25) is 0 Å². The van der Waals surface area contributed by atoms with Gasteiger partial charge in [-0.3, -0.25) is 0 Å². The Kier molecular flexibility index (Phi) is 5.37. The highest BCUT2D eigenvalue weighted by atomic mass is 79.9. The Hall–Kier alpha value is -0.390. The van der Waals surface area contributed by atoms with E-state index in [4.69, 9.17) is 0 Å². The third kappa shape index (κ3) is 5.98. The number of nitrogens with one attached hydrogen (secondary N) is 1. The summed E-state index contributed by atoms with van der Waals surface area (Å²) in [5, 5.41) is 0. The standard InChI is InChI=1S/C13H20BrNO2S/c1-13(2,3)8-9-18(16,17)15-10-11-6-4-5-7-12(11)14/h4-7,15H,8-10H2,1-3H3. The SMILES string of the molecule is CC(C)(C)CCS(=O)(=O)NCc1ccccc1Br. The minimum absolute atomic E-state index is 0.0298. The van der Waals surface area contributed by atoms with E-state index in [0.717, 1.165) is 10.0 Å². The van der Waals surface area contributed by atoms with Gasteiger partial charge in [-0.05, 0) is 23.5 Å². The molecule has 0 radical (unpaired) electrons. The molecule has 1 rings (SSSR count). The second-order valence-electron chi connectivity index (χ2n) is 5.54. The van der Waals surface area contributed by atoms with E-state index in [1.165, 1.54) is 0 Å². The average Bonchev–Trinajstić information content (AvgIpc) is 2.25. The summed E-state index contributed by atoms with van der Waals surface area (Å²) < 4.78 is 27.2. The van der Waals surface area contributed by atoms with Gasteiger partial charge in [-0.1, -0.05) is 54.9 Å². The van der Waals surface area contributed by atoms with Crippen molar-refractivity contribution in [2.45, 2.75) is 33.7 Å². The third-order valence-corrected chi connectivity index (χ3v) is 4.66. The van der Waals surface area contributed by atoms with Gasteiger partial charge in [0, 0.05) is 11.0 Å². The minimum Gasteiger partial charge on any atom is -0.212 e. The smallest absolute Gasteiger partial charge is 0.211 e. The Morgan fingerprint density at radius 1 is 1.22 bits per heavy atom. The molecule has 1 N–H and O–H groups in total. The molecule has 3 nitrogen and oxygen atoms in total. The van der Waals surface area contributed by atoms with Gasteiger partial charge in [-0.25, -0.2) is 13.1 Å². The fourth-order valence-corrected chi connectivity index (χ4v) is 3.17. The van der Waals surface area contributed by atoms with Gasteiger partial charge in [-0.15, -0.1) is 0 Å². The predicted octanol–water partition coefficient (Wildman–Crippen LogP) is 3.30. The summed E-state index contributed by atoms with van der Waals surface area (Å²) in [4.78, 5) is 0. The molecule has 0 aliphatic carbocycles. The van der Waals surface area contributed by atoms with E-state index in [0.29, 0.717) is 13.0 Å². The number of halogens is 1. The zero-order valence-electron chi connectivity index (χ0n) is 11.0. The van der Waals surface area contributed by atoms with Crippen LogP contribution in [-0.4, -0.2) is 14.2 Å². The van der Waals surface area contributed by atoms with E-state index in [2.05, 4.69) is 20.7 Å². The fourth-order valence-electron chi connectivity index (χ4n) is 1.34. The number of benzene rings is 1. The first-order chi connectivity index (χ1) is 8.20. The van der Waals surface area contributed by atoms with Crippen molar-refractivity contribution in [2.75, 3.05) is 5.75 Å². The molecular formula is C13H20BrNO2S. The largest absolute Gasteiger partial charge is 0.212 e. The molecule has 0 amide bonds. The van der Waals surface area contributed by atoms with Gasteiger partial charge in [0.2, 0.25) is 10.0 Å². The lowest BCUT2D eigenvalue weighted by molar-refractivity contribution is 0.396. The van der Waals surface area contributed by atoms with E-state index in [-0.39, 0.29) is 11.2 Å². The van der Waals surface area contributed by atoms with Gasteiger partial charge in [0.1, 0.15) is 0 Å². The van der Waals surface area contributed by atoms with Crippen molar-refractivity contribution in [1.29, 1.82) is 0 Å². The summed E-state index contributed by atoms with van der Waals surface area (Å²) in [7, 11) is -3.20. The summed E-state index contributed by atoms with van der Waals surface area (Å²) >= 11 is 3.40. The zero-order chi connectivity index (χ0) is 13.8. The molecule has 0 aliphatic heterocycles. The molecular weight excluding hydrogens is 314 g/mol. The predicted molar refractivity (Wildman–Crippen MR) is 78.8 cm³/mol. The first-order valence-corrected chi connectivity index (χ1v) is 8.35. The molecule has 0 aliphatic rings. The molecule has 1 aromatic carbocycles. The molecule has 0 saturated heterocycles. The normalized spacial score (nSPS) is 12.7. The van der Waals surface area contributed by atoms with Crippen LogP contribution in [-0.2, 0) is 16.6 Å². The molecule has 18 heavy (non-hydrogen) atoms. The lowest BCUT2D eigenvalue weighted by Crippen LogP contribution is -2.28. The fraction of sp³-hybridized carbons (Fsp3) is 0.538. The van der Waals surface area contributed by atoms with Crippen LogP contribution in [0.4, 0.5) is 0 Å². The quantitative estimate of drug-likeness (QED) is 0.898. The van der Waals surface area contributed by atoms with E-state index < -0.39 is 10.0 Å². The van der Waals surface area contributed by atoms with Crippen molar-refractivity contribution in [3.63, 3.8) is 0 Å². The van der Waals surface area contributed by atoms with Crippen LogP contribution in [0.5, 0.6) is 0 Å². The number of sulfonamides is 1. The van der Waals surface area contributed by atoms with Crippen LogP contribution in [0.25, 0.3) is 0 Å². The molecule has 0 spiro atoms. The maximum Gasteiger partial charge on any atom is 0.211 e. The highest BCUT2D eigenvalue weighted by Crippen LogP contribution is 2.19. The molecule has 0 unspecified atom stereocenters. The second-order valence-corrected chi connectivity index (χ2v) is 8.32. The summed E-state index contributed by atoms with van der Waals surface area (Å²) in [6.07, 6.45) is 0.651. The first kappa shape index (κ1) is 15.7. The highest BCUT2D eigenvalue weighted by molar-refractivity contribution is 9.10. The first-order valence-electron chi connectivity index (χ1n) is 5.90. The number of hydrogen-bond donors (Lipinski definition) is 1. The Labute approximate surface area is 118 Å². The van der Waals surface area contributed by atoms with Crippen LogP contribution in [0.1, 0.15) is 32.8 Å². The molecule has 0 atom stereocenters. The van der Waals surface area contributed by atoms with Crippen molar-refractivity contribution in [3.8, 4) is 0 Å². The van der Waals surface area contributed by atoms with Gasteiger partial charge >= 0.3 is 0 Å². The van der Waals surface area contributed by atoms with Crippen molar-refractivity contribution in [1.82, 2.24) is 4.72 Å². The zero-order valence-corrected chi connectivity index (χ0v) is 13.4. The monoisotopic (exact) mass is 333 g/mol. The van der Waals surface area contributed by atoms with Gasteiger partial charge in [0.25, 0.3) is 0 Å². The Balaban J connectivity index is 2.55. The molecule has 5 heteroatoms. The van der Waals surface area contributed by atoms with Gasteiger partial charge in [0.15, 0.2) is 0 Å². The van der Waals surface area contributed by atoms with E-state index >= 15 is 0 Å². The van der Waals surface area contributed by atoms with E-state index in [1.54, 1.807) is 0 Å². The van der Waals surface area contributed by atoms with Crippen molar-refractivity contribution < 1.29 is 8.42 Å². The molecule has 0 heterocycles. The number of rotatable bonds is 5. The second kappa shape index (κ2) is 6.17. The summed E-state index contributed by atoms with van der Waals surface area (Å²) in [5.74, 6) is 0.168. The molecule has 0 saturated carbocycles. The summed E-state index contributed by atoms with van der Waals surface area (Å²) in [6, 6.07) is 7.60. The topological polar surface area (TPSA) is 46.2 Å². The highest BCUT2D eigenvalue weighted by Gasteiger charge is 2.17. The summed E-state index contributed by atoms with van der Waals surface area (Å²) in [5.41, 5.74) is 0.971. The third-order valence-electron chi connectivity index (χ3n) is 2.56. The molecule has 0 bridgehead atoms. The van der Waals surface area contributed by atoms with Crippen LogP contribution in [0.3, 0.4) is 0 Å². The Morgan fingerprint density at radius 2 is 1.83 bits per heavy atom. The van der Waals surface area contributed by atoms with Crippen LogP contribution >= 0.6 is 15.9 Å². The maximum absolute atomic E-state index is 11.8. The average molecular weight is 334 g/mol. The Bertz CT molecular complexity index is 492. The summed E-state index contributed by atoms with van der Waals surface area (Å²) in [6.45, 7) is 6.44. The van der Waals surface area contributed by atoms with Crippen LogP contribution < -0.4 is 4.72 Å². The lowest BCUT2D eigenvalue weighted by atomic mass is 9.94. The van der Waals surface area contributed by atoms with Crippen molar-refractivity contribution >= 4 is 26.0 Å². The van der Waals surface area contributed by atoms with Gasteiger partial charge < -0.3 is 0 Å². The lowest BCUT2D eigenvalue weighted by Gasteiger charge is -2.18. The molecule has 0 aromatic heterocycles. The number of hydrogen-bond acceptors (Lipinski definition) is 2.